The van der Waals surface area contributed by atoms with E-state index in [0.717, 1.165) is 11.3 Å². The molecule has 7 heteroatoms. The third-order valence-electron chi connectivity index (χ3n) is 3.89. The van der Waals surface area contributed by atoms with Crippen molar-refractivity contribution >= 4 is 11.6 Å². The van der Waals surface area contributed by atoms with Crippen LogP contribution in [0.2, 0.25) is 0 Å². The number of hydrogen-bond donors (Lipinski definition) is 1. The first kappa shape index (κ1) is 17.6. The summed E-state index contributed by atoms with van der Waals surface area (Å²) in [5.74, 6) is -0.155. The summed E-state index contributed by atoms with van der Waals surface area (Å²) in [5.41, 5.74) is 2.11. The Balaban J connectivity index is 1.71. The molecular formula is C19H19FN4O2. The Labute approximate surface area is 150 Å². The fourth-order valence-corrected chi connectivity index (χ4v) is 2.41. The standard InChI is InChI=1S/C19H19FN4O2/c1-12(21-18(25)14-5-4-6-15(20)11-14)19-22-17(23-26-19)13-7-9-16(10-8-13)24(2)3/h4-12H,1-3H3,(H,21,25)/t12-/m0/s1. The van der Waals surface area contributed by atoms with Gasteiger partial charge in [-0.1, -0.05) is 11.2 Å². The Hall–Kier alpha value is -3.22. The number of rotatable bonds is 5. The number of aromatic nitrogens is 2. The number of carbonyl (C=O) groups excluding carboxylic acids is 1. The number of anilines is 1. The predicted octanol–water partition coefficient (Wildman–Crippen LogP) is 3.43. The van der Waals surface area contributed by atoms with Gasteiger partial charge < -0.3 is 14.7 Å². The highest BCUT2D eigenvalue weighted by atomic mass is 19.1. The van der Waals surface area contributed by atoms with Crippen molar-refractivity contribution < 1.29 is 13.7 Å². The Morgan fingerprint density at radius 2 is 1.92 bits per heavy atom. The van der Waals surface area contributed by atoms with Crippen LogP contribution in [0.3, 0.4) is 0 Å². The molecule has 0 spiro atoms. The Morgan fingerprint density at radius 3 is 2.58 bits per heavy atom. The molecule has 0 unspecified atom stereocenters. The fourth-order valence-electron chi connectivity index (χ4n) is 2.41. The highest BCUT2D eigenvalue weighted by Gasteiger charge is 2.18. The van der Waals surface area contributed by atoms with Gasteiger partial charge in [0.2, 0.25) is 11.7 Å². The first-order chi connectivity index (χ1) is 12.4. The number of amides is 1. The molecule has 6 nitrogen and oxygen atoms in total. The van der Waals surface area contributed by atoms with Gasteiger partial charge in [-0.15, -0.1) is 0 Å². The molecule has 3 rings (SSSR count). The van der Waals surface area contributed by atoms with Crippen LogP contribution in [-0.4, -0.2) is 30.1 Å². The molecule has 0 bridgehead atoms. The normalized spacial score (nSPS) is 11.8. The van der Waals surface area contributed by atoms with Gasteiger partial charge in [-0.2, -0.15) is 4.98 Å². The molecule has 1 N–H and O–H groups in total. The van der Waals surface area contributed by atoms with E-state index >= 15 is 0 Å². The lowest BCUT2D eigenvalue weighted by Gasteiger charge is -2.11. The molecule has 1 atom stereocenters. The molecule has 0 saturated carbocycles. The number of benzene rings is 2. The molecule has 2 aromatic carbocycles. The van der Waals surface area contributed by atoms with Crippen molar-refractivity contribution in [1.29, 1.82) is 0 Å². The van der Waals surface area contributed by atoms with E-state index in [1.807, 2.05) is 43.3 Å². The molecule has 26 heavy (non-hydrogen) atoms. The maximum Gasteiger partial charge on any atom is 0.252 e. The van der Waals surface area contributed by atoms with E-state index in [9.17, 15) is 9.18 Å². The molecule has 0 radical (unpaired) electrons. The van der Waals surface area contributed by atoms with E-state index in [-0.39, 0.29) is 11.5 Å². The molecule has 134 valence electrons. The van der Waals surface area contributed by atoms with Crippen LogP contribution in [0.5, 0.6) is 0 Å². The second kappa shape index (κ2) is 7.35. The topological polar surface area (TPSA) is 71.3 Å². The quantitative estimate of drug-likeness (QED) is 0.760. The van der Waals surface area contributed by atoms with Crippen molar-refractivity contribution in [2.45, 2.75) is 13.0 Å². The zero-order valence-corrected chi connectivity index (χ0v) is 14.7. The highest BCUT2D eigenvalue weighted by molar-refractivity contribution is 5.94. The monoisotopic (exact) mass is 354 g/mol. The van der Waals surface area contributed by atoms with Crippen molar-refractivity contribution in [3.63, 3.8) is 0 Å². The van der Waals surface area contributed by atoms with Gasteiger partial charge in [-0.3, -0.25) is 4.79 Å². The van der Waals surface area contributed by atoms with Gasteiger partial charge in [0.15, 0.2) is 0 Å². The third kappa shape index (κ3) is 3.88. The van der Waals surface area contributed by atoms with Crippen LogP contribution in [0, 0.1) is 5.82 Å². The minimum Gasteiger partial charge on any atom is -0.378 e. The SMILES string of the molecule is C[C@H](NC(=O)c1cccc(F)c1)c1nc(-c2ccc(N(C)C)cc2)no1. The van der Waals surface area contributed by atoms with Crippen molar-refractivity contribution in [2.24, 2.45) is 0 Å². The number of halogens is 1. The lowest BCUT2D eigenvalue weighted by atomic mass is 10.2. The predicted molar refractivity (Wildman–Crippen MR) is 96.3 cm³/mol. The van der Waals surface area contributed by atoms with Crippen LogP contribution in [0.15, 0.2) is 53.1 Å². The molecule has 1 heterocycles. The first-order valence-corrected chi connectivity index (χ1v) is 8.12. The van der Waals surface area contributed by atoms with Gasteiger partial charge in [0.1, 0.15) is 11.9 Å². The molecule has 0 aliphatic carbocycles. The maximum absolute atomic E-state index is 13.2. The zero-order valence-electron chi connectivity index (χ0n) is 14.7. The minimum absolute atomic E-state index is 0.232. The largest absolute Gasteiger partial charge is 0.378 e. The second-order valence-corrected chi connectivity index (χ2v) is 6.10. The third-order valence-corrected chi connectivity index (χ3v) is 3.89. The zero-order chi connectivity index (χ0) is 18.7. The number of carbonyl (C=O) groups is 1. The van der Waals surface area contributed by atoms with Crippen LogP contribution >= 0.6 is 0 Å². The number of hydrogen-bond acceptors (Lipinski definition) is 5. The fraction of sp³-hybridized carbons (Fsp3) is 0.211. The van der Waals surface area contributed by atoms with Gasteiger partial charge in [0.05, 0.1) is 0 Å². The van der Waals surface area contributed by atoms with Crippen molar-refractivity contribution in [1.82, 2.24) is 15.5 Å². The van der Waals surface area contributed by atoms with E-state index in [1.165, 1.54) is 24.3 Å². The van der Waals surface area contributed by atoms with E-state index in [2.05, 4.69) is 15.5 Å². The number of nitrogens with one attached hydrogen (secondary N) is 1. The molecule has 0 aliphatic heterocycles. The van der Waals surface area contributed by atoms with E-state index in [1.54, 1.807) is 6.92 Å². The molecular weight excluding hydrogens is 335 g/mol. The smallest absolute Gasteiger partial charge is 0.252 e. The second-order valence-electron chi connectivity index (χ2n) is 6.10. The lowest BCUT2D eigenvalue weighted by molar-refractivity contribution is 0.0932. The van der Waals surface area contributed by atoms with Crippen LogP contribution in [-0.2, 0) is 0 Å². The average Bonchev–Trinajstić information content (AvgIpc) is 3.12. The molecule has 0 saturated heterocycles. The molecule has 0 fully saturated rings. The minimum atomic E-state index is -0.506. The highest BCUT2D eigenvalue weighted by Crippen LogP contribution is 2.21. The molecule has 1 aromatic heterocycles. The summed E-state index contributed by atoms with van der Waals surface area (Å²) in [7, 11) is 3.93. The van der Waals surface area contributed by atoms with Crippen molar-refractivity contribution in [3.8, 4) is 11.4 Å². The van der Waals surface area contributed by atoms with E-state index in [0.29, 0.717) is 5.82 Å². The Kier molecular flexibility index (Phi) is 4.97. The Morgan fingerprint density at radius 1 is 1.19 bits per heavy atom. The molecule has 0 aliphatic rings. The van der Waals surface area contributed by atoms with E-state index in [4.69, 9.17) is 4.52 Å². The summed E-state index contributed by atoms with van der Waals surface area (Å²) in [6, 6.07) is 12.7. The van der Waals surface area contributed by atoms with Gasteiger partial charge in [-0.05, 0) is 49.4 Å². The summed E-state index contributed by atoms with van der Waals surface area (Å²) in [6.45, 7) is 1.73. The van der Waals surface area contributed by atoms with Gasteiger partial charge in [-0.25, -0.2) is 4.39 Å². The molecule has 1 amide bonds. The van der Waals surface area contributed by atoms with Crippen LogP contribution in [0.1, 0.15) is 29.2 Å². The van der Waals surface area contributed by atoms with Crippen LogP contribution in [0.4, 0.5) is 10.1 Å². The Bertz CT molecular complexity index is 906. The van der Waals surface area contributed by atoms with Crippen molar-refractivity contribution in [3.05, 3.63) is 65.8 Å². The molecule has 3 aromatic rings. The van der Waals surface area contributed by atoms with E-state index < -0.39 is 17.8 Å². The first-order valence-electron chi connectivity index (χ1n) is 8.12. The summed E-state index contributed by atoms with van der Waals surface area (Å²) in [5, 5.41) is 6.69. The summed E-state index contributed by atoms with van der Waals surface area (Å²) >= 11 is 0. The van der Waals surface area contributed by atoms with Crippen LogP contribution < -0.4 is 10.2 Å². The summed E-state index contributed by atoms with van der Waals surface area (Å²) < 4.78 is 18.5. The van der Waals surface area contributed by atoms with Gasteiger partial charge in [0, 0.05) is 30.9 Å². The van der Waals surface area contributed by atoms with Crippen LogP contribution in [0.25, 0.3) is 11.4 Å². The van der Waals surface area contributed by atoms with Gasteiger partial charge >= 0.3 is 0 Å². The average molecular weight is 354 g/mol. The number of nitrogens with zero attached hydrogens (tertiary/aromatic N) is 3. The maximum atomic E-state index is 13.2. The van der Waals surface area contributed by atoms with Crippen molar-refractivity contribution in [2.75, 3.05) is 19.0 Å². The van der Waals surface area contributed by atoms with Gasteiger partial charge in [0.25, 0.3) is 5.91 Å². The summed E-state index contributed by atoms with van der Waals surface area (Å²) in [6.07, 6.45) is 0. The summed E-state index contributed by atoms with van der Waals surface area (Å²) in [4.78, 5) is 18.5. The lowest BCUT2D eigenvalue weighted by Crippen LogP contribution is -2.26.